The van der Waals surface area contributed by atoms with Gasteiger partial charge in [-0.05, 0) is 14.0 Å². The van der Waals surface area contributed by atoms with Gasteiger partial charge in [-0.25, -0.2) is 0 Å². The largest absolute Gasteiger partial charge is 0.303 e. The third-order valence-electron chi connectivity index (χ3n) is 2.00. The molecule has 0 aromatic carbocycles. The zero-order valence-electron chi connectivity index (χ0n) is 7.00. The van der Waals surface area contributed by atoms with E-state index < -0.39 is 0 Å². The molecule has 3 nitrogen and oxygen atoms in total. The molecule has 1 saturated heterocycles. The van der Waals surface area contributed by atoms with Gasteiger partial charge in [0.15, 0.2) is 0 Å². The quantitative estimate of drug-likeness (QED) is 0.522. The molecule has 0 aromatic rings. The van der Waals surface area contributed by atoms with E-state index in [0.717, 1.165) is 19.6 Å². The maximum atomic E-state index is 5.16. The van der Waals surface area contributed by atoms with E-state index in [1.165, 1.54) is 0 Å². The van der Waals surface area contributed by atoms with Crippen LogP contribution in [0.1, 0.15) is 6.92 Å². The van der Waals surface area contributed by atoms with Gasteiger partial charge in [0.2, 0.25) is 0 Å². The summed E-state index contributed by atoms with van der Waals surface area (Å²) in [6.07, 6.45) is 0. The van der Waals surface area contributed by atoms with Crippen LogP contribution in [-0.2, 0) is 4.84 Å². The molecule has 0 radical (unpaired) electrons. The van der Waals surface area contributed by atoms with Crippen molar-refractivity contribution in [3.63, 3.8) is 0 Å². The van der Waals surface area contributed by atoms with E-state index >= 15 is 0 Å². The molecule has 1 fully saturated rings. The number of nitrogens with zero attached hydrogens (tertiary/aromatic N) is 2. The van der Waals surface area contributed by atoms with Crippen LogP contribution in [0.15, 0.2) is 0 Å². The second kappa shape index (κ2) is 3.32. The van der Waals surface area contributed by atoms with Gasteiger partial charge in [-0.2, -0.15) is 5.06 Å². The molecule has 0 unspecified atom stereocenters. The van der Waals surface area contributed by atoms with E-state index in [0.29, 0.717) is 6.04 Å². The summed E-state index contributed by atoms with van der Waals surface area (Å²) in [5.41, 5.74) is 0. The Morgan fingerprint density at radius 3 is 2.60 bits per heavy atom. The third-order valence-corrected chi connectivity index (χ3v) is 2.00. The van der Waals surface area contributed by atoms with E-state index in [-0.39, 0.29) is 0 Å². The molecule has 0 saturated carbocycles. The molecule has 3 heteroatoms. The molecule has 1 aliphatic rings. The van der Waals surface area contributed by atoms with Crippen molar-refractivity contribution in [1.82, 2.24) is 9.96 Å². The van der Waals surface area contributed by atoms with Crippen LogP contribution in [0.5, 0.6) is 0 Å². The summed E-state index contributed by atoms with van der Waals surface area (Å²) in [5.74, 6) is 0. The molecule has 10 heavy (non-hydrogen) atoms. The first kappa shape index (κ1) is 7.98. The van der Waals surface area contributed by atoms with Crippen LogP contribution in [0.2, 0.25) is 0 Å². The SMILES string of the molecule is CON1CCN(C)C[C@H]1C. The Hall–Kier alpha value is -0.120. The summed E-state index contributed by atoms with van der Waals surface area (Å²) >= 11 is 0. The Kier molecular flexibility index (Phi) is 2.65. The van der Waals surface area contributed by atoms with E-state index in [1.807, 2.05) is 5.06 Å². The highest BCUT2D eigenvalue weighted by atomic mass is 16.7. The lowest BCUT2D eigenvalue weighted by Crippen LogP contribution is -2.49. The number of hydrogen-bond donors (Lipinski definition) is 0. The summed E-state index contributed by atoms with van der Waals surface area (Å²) in [6.45, 7) is 5.42. The molecular formula is C7H16N2O. The van der Waals surface area contributed by atoms with Gasteiger partial charge in [-0.15, -0.1) is 0 Å². The molecular weight excluding hydrogens is 128 g/mol. The van der Waals surface area contributed by atoms with Crippen molar-refractivity contribution < 1.29 is 4.84 Å². The highest BCUT2D eigenvalue weighted by Crippen LogP contribution is 2.06. The fourth-order valence-corrected chi connectivity index (χ4v) is 1.39. The van der Waals surface area contributed by atoms with Crippen LogP contribution in [0.25, 0.3) is 0 Å². The van der Waals surface area contributed by atoms with Crippen LogP contribution in [-0.4, -0.2) is 49.8 Å². The maximum Gasteiger partial charge on any atom is 0.0575 e. The summed E-state index contributed by atoms with van der Waals surface area (Å²) in [7, 11) is 3.88. The standard InChI is InChI=1S/C7H16N2O/c1-7-6-8(2)4-5-9(7)10-3/h7H,4-6H2,1-3H3/t7-/m1/s1. The lowest BCUT2D eigenvalue weighted by atomic mass is 10.2. The highest BCUT2D eigenvalue weighted by molar-refractivity contribution is 4.71. The molecule has 1 atom stereocenters. The third kappa shape index (κ3) is 1.68. The number of hydrogen-bond acceptors (Lipinski definition) is 3. The minimum Gasteiger partial charge on any atom is -0.303 e. The second-order valence-electron chi connectivity index (χ2n) is 2.93. The van der Waals surface area contributed by atoms with E-state index in [2.05, 4.69) is 18.9 Å². The van der Waals surface area contributed by atoms with Crippen LogP contribution < -0.4 is 0 Å². The molecule has 0 aromatic heterocycles. The predicted molar refractivity (Wildman–Crippen MR) is 40.7 cm³/mol. The minimum absolute atomic E-state index is 0.531. The Morgan fingerprint density at radius 1 is 1.40 bits per heavy atom. The van der Waals surface area contributed by atoms with E-state index in [9.17, 15) is 0 Å². The first-order valence-electron chi connectivity index (χ1n) is 3.73. The van der Waals surface area contributed by atoms with Crippen LogP contribution in [0, 0.1) is 0 Å². The molecule has 1 heterocycles. The normalized spacial score (nSPS) is 30.9. The molecule has 0 bridgehead atoms. The van der Waals surface area contributed by atoms with Gasteiger partial charge >= 0.3 is 0 Å². The number of hydroxylamine groups is 2. The molecule has 0 spiro atoms. The molecule has 0 N–H and O–H groups in total. The van der Waals surface area contributed by atoms with Gasteiger partial charge in [0.25, 0.3) is 0 Å². The van der Waals surface area contributed by atoms with Crippen molar-refractivity contribution >= 4 is 0 Å². The highest BCUT2D eigenvalue weighted by Gasteiger charge is 2.20. The minimum atomic E-state index is 0.531. The lowest BCUT2D eigenvalue weighted by molar-refractivity contribution is -0.178. The Bertz CT molecular complexity index is 108. The fourth-order valence-electron chi connectivity index (χ4n) is 1.39. The van der Waals surface area contributed by atoms with Crippen molar-refractivity contribution in [1.29, 1.82) is 0 Å². The first-order chi connectivity index (χ1) is 4.74. The van der Waals surface area contributed by atoms with Crippen molar-refractivity contribution in [3.8, 4) is 0 Å². The number of rotatable bonds is 1. The summed E-state index contributed by atoms with van der Waals surface area (Å²) in [5, 5.41) is 2.03. The zero-order valence-corrected chi connectivity index (χ0v) is 7.00. The molecule has 1 rings (SSSR count). The van der Waals surface area contributed by atoms with Gasteiger partial charge in [-0.1, -0.05) is 0 Å². The van der Waals surface area contributed by atoms with Crippen LogP contribution in [0.3, 0.4) is 0 Å². The lowest BCUT2D eigenvalue weighted by Gasteiger charge is -2.36. The molecule has 0 aliphatic carbocycles. The van der Waals surface area contributed by atoms with Gasteiger partial charge < -0.3 is 9.74 Å². The zero-order chi connectivity index (χ0) is 7.56. The Labute approximate surface area is 62.5 Å². The van der Waals surface area contributed by atoms with Crippen molar-refractivity contribution in [3.05, 3.63) is 0 Å². The monoisotopic (exact) mass is 144 g/mol. The van der Waals surface area contributed by atoms with Gasteiger partial charge in [0.05, 0.1) is 7.11 Å². The second-order valence-corrected chi connectivity index (χ2v) is 2.93. The van der Waals surface area contributed by atoms with Gasteiger partial charge in [-0.3, -0.25) is 0 Å². The summed E-state index contributed by atoms with van der Waals surface area (Å²) in [6, 6.07) is 0.531. The maximum absolute atomic E-state index is 5.16. The number of piperazine rings is 1. The summed E-state index contributed by atoms with van der Waals surface area (Å²) < 4.78 is 0. The van der Waals surface area contributed by atoms with Gasteiger partial charge in [0.1, 0.15) is 0 Å². The van der Waals surface area contributed by atoms with E-state index in [4.69, 9.17) is 4.84 Å². The molecule has 1 aliphatic heterocycles. The van der Waals surface area contributed by atoms with Crippen molar-refractivity contribution in [2.75, 3.05) is 33.8 Å². The topological polar surface area (TPSA) is 15.7 Å². The van der Waals surface area contributed by atoms with Crippen molar-refractivity contribution in [2.45, 2.75) is 13.0 Å². The Morgan fingerprint density at radius 2 is 2.10 bits per heavy atom. The first-order valence-corrected chi connectivity index (χ1v) is 3.73. The predicted octanol–water partition coefficient (Wildman–Crippen LogP) is 0.184. The smallest absolute Gasteiger partial charge is 0.0575 e. The summed E-state index contributed by atoms with van der Waals surface area (Å²) in [4.78, 5) is 7.48. The molecule has 60 valence electrons. The van der Waals surface area contributed by atoms with E-state index in [1.54, 1.807) is 7.11 Å². The average molecular weight is 144 g/mol. The fraction of sp³-hybridized carbons (Fsp3) is 1.00. The van der Waals surface area contributed by atoms with Crippen LogP contribution in [0.4, 0.5) is 0 Å². The molecule has 0 amide bonds. The van der Waals surface area contributed by atoms with Crippen molar-refractivity contribution in [2.24, 2.45) is 0 Å². The van der Waals surface area contributed by atoms with Crippen LogP contribution >= 0.6 is 0 Å². The van der Waals surface area contributed by atoms with Gasteiger partial charge in [0, 0.05) is 25.7 Å². The number of likely N-dealkylation sites (N-methyl/N-ethyl adjacent to an activating group) is 1. The Balaban J connectivity index is 2.36. The average Bonchev–Trinajstić information content (AvgIpc) is 1.88.